The van der Waals surface area contributed by atoms with Crippen molar-refractivity contribution in [3.8, 4) is 0 Å². The molecule has 0 spiro atoms. The molecule has 0 amide bonds. The first-order chi connectivity index (χ1) is 8.30. The molecule has 96 valence electrons. The molecular formula is C14H22ClNO. The van der Waals surface area contributed by atoms with Crippen molar-refractivity contribution in [1.82, 2.24) is 5.32 Å². The van der Waals surface area contributed by atoms with Crippen molar-refractivity contribution in [3.05, 3.63) is 35.4 Å². The third kappa shape index (κ3) is 5.53. The molecule has 1 aromatic rings. The van der Waals surface area contributed by atoms with E-state index in [9.17, 15) is 0 Å². The normalized spacial score (nSPS) is 12.6. The fraction of sp³-hybridized carbons (Fsp3) is 0.571. The zero-order chi connectivity index (χ0) is 12.5. The van der Waals surface area contributed by atoms with E-state index in [0.717, 1.165) is 19.4 Å². The van der Waals surface area contributed by atoms with Crippen LogP contribution in [0.3, 0.4) is 0 Å². The number of hydrogen-bond acceptors (Lipinski definition) is 2. The van der Waals surface area contributed by atoms with Gasteiger partial charge in [0.05, 0.1) is 6.61 Å². The first-order valence-electron chi connectivity index (χ1n) is 6.16. The summed E-state index contributed by atoms with van der Waals surface area (Å²) in [4.78, 5) is 0. The third-order valence-electron chi connectivity index (χ3n) is 2.85. The lowest BCUT2D eigenvalue weighted by Crippen LogP contribution is -2.33. The van der Waals surface area contributed by atoms with Crippen LogP contribution in [-0.4, -0.2) is 25.6 Å². The highest BCUT2D eigenvalue weighted by molar-refractivity contribution is 6.17. The van der Waals surface area contributed by atoms with Gasteiger partial charge in [-0.1, -0.05) is 31.2 Å². The Morgan fingerprint density at radius 3 is 2.41 bits per heavy atom. The SMILES string of the molecule is CCc1ccc(CNC(CCCl)COC)cc1. The Balaban J connectivity index is 2.41. The van der Waals surface area contributed by atoms with Gasteiger partial charge in [0.25, 0.3) is 0 Å². The molecule has 0 aliphatic heterocycles. The molecule has 17 heavy (non-hydrogen) atoms. The molecule has 0 saturated heterocycles. The van der Waals surface area contributed by atoms with Gasteiger partial charge in [-0.05, 0) is 24.0 Å². The summed E-state index contributed by atoms with van der Waals surface area (Å²) in [7, 11) is 1.72. The number of nitrogens with one attached hydrogen (secondary N) is 1. The maximum atomic E-state index is 5.76. The molecule has 1 unspecified atom stereocenters. The molecule has 3 heteroatoms. The van der Waals surface area contributed by atoms with Crippen LogP contribution in [0, 0.1) is 0 Å². The maximum Gasteiger partial charge on any atom is 0.0616 e. The Bertz CT molecular complexity index is 294. The summed E-state index contributed by atoms with van der Waals surface area (Å²) in [5.41, 5.74) is 2.68. The van der Waals surface area contributed by atoms with E-state index < -0.39 is 0 Å². The monoisotopic (exact) mass is 255 g/mol. The van der Waals surface area contributed by atoms with Crippen molar-refractivity contribution in [2.24, 2.45) is 0 Å². The van der Waals surface area contributed by atoms with Crippen molar-refractivity contribution in [3.63, 3.8) is 0 Å². The molecular weight excluding hydrogens is 234 g/mol. The topological polar surface area (TPSA) is 21.3 Å². The predicted octanol–water partition coefficient (Wildman–Crippen LogP) is 2.98. The number of methoxy groups -OCH3 is 1. The second-order valence-electron chi connectivity index (χ2n) is 4.18. The van der Waals surface area contributed by atoms with Crippen LogP contribution in [0.15, 0.2) is 24.3 Å². The number of aryl methyl sites for hydroxylation is 1. The van der Waals surface area contributed by atoms with Gasteiger partial charge >= 0.3 is 0 Å². The average Bonchev–Trinajstić information content (AvgIpc) is 2.37. The van der Waals surface area contributed by atoms with E-state index in [1.165, 1.54) is 11.1 Å². The van der Waals surface area contributed by atoms with E-state index in [1.54, 1.807) is 7.11 Å². The molecule has 1 N–H and O–H groups in total. The minimum Gasteiger partial charge on any atom is -0.383 e. The van der Waals surface area contributed by atoms with Crippen molar-refractivity contribution >= 4 is 11.6 Å². The molecule has 0 saturated carbocycles. The summed E-state index contributed by atoms with van der Waals surface area (Å²) in [6.45, 7) is 3.75. The molecule has 0 bridgehead atoms. The van der Waals surface area contributed by atoms with E-state index in [2.05, 4.69) is 36.5 Å². The zero-order valence-electron chi connectivity index (χ0n) is 10.7. The number of alkyl halides is 1. The van der Waals surface area contributed by atoms with Crippen molar-refractivity contribution in [1.29, 1.82) is 0 Å². The molecule has 0 aromatic heterocycles. The second-order valence-corrected chi connectivity index (χ2v) is 4.56. The number of rotatable bonds is 8. The molecule has 0 fully saturated rings. The molecule has 0 radical (unpaired) electrons. The molecule has 1 rings (SSSR count). The highest BCUT2D eigenvalue weighted by Gasteiger charge is 2.06. The minimum absolute atomic E-state index is 0.336. The smallest absolute Gasteiger partial charge is 0.0616 e. The summed E-state index contributed by atoms with van der Waals surface area (Å²) in [5, 5.41) is 3.47. The minimum atomic E-state index is 0.336. The number of benzene rings is 1. The van der Waals surface area contributed by atoms with Crippen LogP contribution in [0.2, 0.25) is 0 Å². The summed E-state index contributed by atoms with van der Waals surface area (Å²) in [6.07, 6.45) is 2.02. The largest absolute Gasteiger partial charge is 0.383 e. The number of ether oxygens (including phenoxy) is 1. The van der Waals surface area contributed by atoms with E-state index in [1.807, 2.05) is 0 Å². The van der Waals surface area contributed by atoms with Crippen LogP contribution < -0.4 is 5.32 Å². The standard InChI is InChI=1S/C14H22ClNO/c1-3-12-4-6-13(7-5-12)10-16-14(8-9-15)11-17-2/h4-7,14,16H,3,8-11H2,1-2H3. The molecule has 0 aliphatic carbocycles. The molecule has 1 aromatic carbocycles. The van der Waals surface area contributed by atoms with Crippen molar-refractivity contribution in [2.75, 3.05) is 19.6 Å². The number of hydrogen-bond donors (Lipinski definition) is 1. The van der Waals surface area contributed by atoms with Gasteiger partial charge in [-0.2, -0.15) is 0 Å². The van der Waals surface area contributed by atoms with Crippen LogP contribution in [0.25, 0.3) is 0 Å². The quantitative estimate of drug-likeness (QED) is 0.721. The van der Waals surface area contributed by atoms with Crippen LogP contribution in [0.5, 0.6) is 0 Å². The summed E-state index contributed by atoms with van der Waals surface area (Å²) in [5.74, 6) is 0.662. The molecule has 2 nitrogen and oxygen atoms in total. The first-order valence-corrected chi connectivity index (χ1v) is 6.69. The van der Waals surface area contributed by atoms with E-state index in [4.69, 9.17) is 16.3 Å². The van der Waals surface area contributed by atoms with Gasteiger partial charge in [0, 0.05) is 25.6 Å². The zero-order valence-corrected chi connectivity index (χ0v) is 11.5. The van der Waals surface area contributed by atoms with E-state index in [-0.39, 0.29) is 0 Å². The van der Waals surface area contributed by atoms with Crippen molar-refractivity contribution < 1.29 is 4.74 Å². The third-order valence-corrected chi connectivity index (χ3v) is 3.07. The van der Waals surface area contributed by atoms with Crippen LogP contribution >= 0.6 is 11.6 Å². The summed E-state index contributed by atoms with van der Waals surface area (Å²) < 4.78 is 5.16. The number of halogens is 1. The Labute approximate surface area is 109 Å². The van der Waals surface area contributed by atoms with Crippen LogP contribution in [0.4, 0.5) is 0 Å². The lowest BCUT2D eigenvalue weighted by Gasteiger charge is -2.16. The predicted molar refractivity (Wildman–Crippen MR) is 73.7 cm³/mol. The van der Waals surface area contributed by atoms with Gasteiger partial charge in [0.15, 0.2) is 0 Å². The second kappa shape index (κ2) is 8.51. The molecule has 0 heterocycles. The lowest BCUT2D eigenvalue weighted by molar-refractivity contribution is 0.164. The highest BCUT2D eigenvalue weighted by Crippen LogP contribution is 2.06. The van der Waals surface area contributed by atoms with Gasteiger partial charge < -0.3 is 10.1 Å². The molecule has 0 aliphatic rings. The first kappa shape index (κ1) is 14.5. The fourth-order valence-corrected chi connectivity index (χ4v) is 2.00. The Morgan fingerprint density at radius 1 is 1.24 bits per heavy atom. The highest BCUT2D eigenvalue weighted by atomic mass is 35.5. The van der Waals surface area contributed by atoms with Crippen LogP contribution in [-0.2, 0) is 17.7 Å². The Kier molecular flexibility index (Phi) is 7.25. The fourth-order valence-electron chi connectivity index (χ4n) is 1.73. The van der Waals surface area contributed by atoms with Crippen molar-refractivity contribution in [2.45, 2.75) is 32.4 Å². The van der Waals surface area contributed by atoms with E-state index in [0.29, 0.717) is 18.5 Å². The van der Waals surface area contributed by atoms with E-state index >= 15 is 0 Å². The Hall–Kier alpha value is -0.570. The molecule has 1 atom stereocenters. The van der Waals surface area contributed by atoms with Gasteiger partial charge in [-0.15, -0.1) is 11.6 Å². The summed E-state index contributed by atoms with van der Waals surface area (Å²) >= 11 is 5.76. The average molecular weight is 256 g/mol. The maximum absolute atomic E-state index is 5.76. The lowest BCUT2D eigenvalue weighted by atomic mass is 10.1. The van der Waals surface area contributed by atoms with Gasteiger partial charge in [0.1, 0.15) is 0 Å². The van der Waals surface area contributed by atoms with Gasteiger partial charge in [0.2, 0.25) is 0 Å². The van der Waals surface area contributed by atoms with Crippen LogP contribution in [0.1, 0.15) is 24.5 Å². The van der Waals surface area contributed by atoms with Gasteiger partial charge in [-0.25, -0.2) is 0 Å². The summed E-state index contributed by atoms with van der Waals surface area (Å²) in [6, 6.07) is 9.06. The Morgan fingerprint density at radius 2 is 1.88 bits per heavy atom. The van der Waals surface area contributed by atoms with Gasteiger partial charge in [-0.3, -0.25) is 0 Å².